The number of benzene rings is 1. The van der Waals surface area contributed by atoms with E-state index in [9.17, 15) is 4.79 Å². The third-order valence-electron chi connectivity index (χ3n) is 2.95. The van der Waals surface area contributed by atoms with Gasteiger partial charge in [-0.25, -0.2) is 4.68 Å². The number of carbonyl (C=O) groups is 1. The molecule has 6 heteroatoms. The molecule has 0 bridgehead atoms. The van der Waals surface area contributed by atoms with Crippen LogP contribution in [0.5, 0.6) is 0 Å². The van der Waals surface area contributed by atoms with Gasteiger partial charge in [0.15, 0.2) is 0 Å². The minimum Gasteiger partial charge on any atom is -0.327 e. The number of carbonyl (C=O) groups excluding carboxylic acids is 1. The van der Waals surface area contributed by atoms with Crippen LogP contribution in [0.25, 0.3) is 0 Å². The second-order valence-corrected chi connectivity index (χ2v) is 4.90. The van der Waals surface area contributed by atoms with E-state index in [2.05, 4.69) is 22.5 Å². The van der Waals surface area contributed by atoms with Gasteiger partial charge in [0.25, 0.3) is 0 Å². The number of halogens is 1. The summed E-state index contributed by atoms with van der Waals surface area (Å²) < 4.78 is 1.80. The van der Waals surface area contributed by atoms with Crippen LogP contribution in [0.15, 0.2) is 42.6 Å². The van der Waals surface area contributed by atoms with Gasteiger partial charge in [-0.1, -0.05) is 30.3 Å². The Morgan fingerprint density at radius 3 is 2.71 bits per heavy atom. The molecule has 1 aromatic carbocycles. The van der Waals surface area contributed by atoms with Crippen molar-refractivity contribution in [1.29, 1.82) is 0 Å². The fraction of sp³-hybridized carbons (Fsp3) is 0.333. The van der Waals surface area contributed by atoms with Gasteiger partial charge in [-0.15, -0.1) is 12.4 Å². The molecule has 3 N–H and O–H groups in total. The van der Waals surface area contributed by atoms with Crippen molar-refractivity contribution >= 4 is 24.1 Å². The van der Waals surface area contributed by atoms with Crippen LogP contribution < -0.4 is 11.1 Å². The summed E-state index contributed by atoms with van der Waals surface area (Å²) >= 11 is 0. The molecule has 21 heavy (non-hydrogen) atoms. The van der Waals surface area contributed by atoms with E-state index in [0.717, 1.165) is 13.0 Å². The molecular weight excluding hydrogens is 288 g/mol. The van der Waals surface area contributed by atoms with Crippen LogP contribution in [-0.4, -0.2) is 21.7 Å². The number of nitrogens with two attached hydrogens (primary N) is 1. The van der Waals surface area contributed by atoms with Crippen molar-refractivity contribution in [2.24, 2.45) is 5.73 Å². The maximum atomic E-state index is 11.7. The SMILES string of the molecule is CC(N)CC(=O)Nc1ccnn1CCc1ccccc1.Cl. The third-order valence-corrected chi connectivity index (χ3v) is 2.95. The van der Waals surface area contributed by atoms with E-state index in [1.165, 1.54) is 5.56 Å². The lowest BCUT2D eigenvalue weighted by Gasteiger charge is -2.10. The fourth-order valence-corrected chi connectivity index (χ4v) is 1.98. The van der Waals surface area contributed by atoms with E-state index in [4.69, 9.17) is 5.73 Å². The number of amides is 1. The summed E-state index contributed by atoms with van der Waals surface area (Å²) in [5, 5.41) is 7.07. The van der Waals surface area contributed by atoms with Crippen LogP contribution in [0.3, 0.4) is 0 Å². The van der Waals surface area contributed by atoms with Crippen molar-refractivity contribution in [3.8, 4) is 0 Å². The molecule has 2 rings (SSSR count). The van der Waals surface area contributed by atoms with Gasteiger partial charge in [-0.05, 0) is 18.9 Å². The molecule has 2 aromatic rings. The number of hydrogen-bond acceptors (Lipinski definition) is 3. The Hall–Kier alpha value is -1.85. The summed E-state index contributed by atoms with van der Waals surface area (Å²) in [5.41, 5.74) is 6.86. The minimum atomic E-state index is -0.143. The lowest BCUT2D eigenvalue weighted by Crippen LogP contribution is -2.25. The quantitative estimate of drug-likeness (QED) is 0.859. The third kappa shape index (κ3) is 5.57. The number of anilines is 1. The van der Waals surface area contributed by atoms with Gasteiger partial charge < -0.3 is 11.1 Å². The maximum absolute atomic E-state index is 11.7. The molecule has 0 saturated carbocycles. The van der Waals surface area contributed by atoms with Gasteiger partial charge in [0.2, 0.25) is 5.91 Å². The highest BCUT2D eigenvalue weighted by atomic mass is 35.5. The highest BCUT2D eigenvalue weighted by Crippen LogP contribution is 2.09. The molecule has 0 aliphatic heterocycles. The highest BCUT2D eigenvalue weighted by molar-refractivity contribution is 5.90. The molecule has 1 aromatic heterocycles. The molecule has 1 atom stereocenters. The Labute approximate surface area is 130 Å². The maximum Gasteiger partial charge on any atom is 0.227 e. The van der Waals surface area contributed by atoms with Crippen LogP contribution in [0, 0.1) is 0 Å². The van der Waals surface area contributed by atoms with E-state index in [-0.39, 0.29) is 24.4 Å². The Morgan fingerprint density at radius 1 is 1.33 bits per heavy atom. The van der Waals surface area contributed by atoms with E-state index in [0.29, 0.717) is 12.2 Å². The van der Waals surface area contributed by atoms with Crippen molar-refractivity contribution in [2.75, 3.05) is 5.32 Å². The monoisotopic (exact) mass is 308 g/mol. The summed E-state index contributed by atoms with van der Waals surface area (Å²) in [6, 6.07) is 11.8. The molecule has 0 aliphatic rings. The van der Waals surface area contributed by atoms with Crippen LogP contribution in [0.2, 0.25) is 0 Å². The zero-order valence-corrected chi connectivity index (χ0v) is 12.8. The molecule has 0 aliphatic carbocycles. The zero-order valence-electron chi connectivity index (χ0n) is 12.0. The second-order valence-electron chi connectivity index (χ2n) is 4.90. The first kappa shape index (κ1) is 17.2. The largest absolute Gasteiger partial charge is 0.327 e. The molecule has 114 valence electrons. The smallest absolute Gasteiger partial charge is 0.227 e. The summed E-state index contributed by atoms with van der Waals surface area (Å²) in [4.78, 5) is 11.7. The first-order valence-electron chi connectivity index (χ1n) is 6.76. The predicted molar refractivity (Wildman–Crippen MR) is 86.5 cm³/mol. The van der Waals surface area contributed by atoms with Gasteiger partial charge in [0, 0.05) is 25.1 Å². The molecule has 0 radical (unpaired) electrons. The average Bonchev–Trinajstić information content (AvgIpc) is 2.84. The molecule has 1 heterocycles. The van der Waals surface area contributed by atoms with Gasteiger partial charge in [0.1, 0.15) is 5.82 Å². The molecule has 1 unspecified atom stereocenters. The topological polar surface area (TPSA) is 72.9 Å². The second kappa shape index (κ2) is 8.44. The summed E-state index contributed by atoms with van der Waals surface area (Å²) in [6.07, 6.45) is 2.87. The van der Waals surface area contributed by atoms with Gasteiger partial charge in [-0.3, -0.25) is 4.79 Å². The van der Waals surface area contributed by atoms with Crippen molar-refractivity contribution < 1.29 is 4.79 Å². The van der Waals surface area contributed by atoms with Crippen LogP contribution in [0.1, 0.15) is 18.9 Å². The summed E-state index contributed by atoms with van der Waals surface area (Å²) in [6.45, 7) is 2.54. The van der Waals surface area contributed by atoms with Crippen molar-refractivity contribution in [1.82, 2.24) is 9.78 Å². The number of nitrogens with one attached hydrogen (secondary N) is 1. The molecule has 1 amide bonds. The first-order chi connectivity index (χ1) is 9.65. The van der Waals surface area contributed by atoms with Crippen LogP contribution >= 0.6 is 12.4 Å². The lowest BCUT2D eigenvalue weighted by molar-refractivity contribution is -0.116. The van der Waals surface area contributed by atoms with E-state index in [1.807, 2.05) is 25.1 Å². The predicted octanol–water partition coefficient (Wildman–Crippen LogP) is 2.22. The Kier molecular flexibility index (Phi) is 6.91. The molecule has 0 fully saturated rings. The lowest BCUT2D eigenvalue weighted by atomic mass is 10.1. The number of nitrogens with zero attached hydrogens (tertiary/aromatic N) is 2. The van der Waals surface area contributed by atoms with Crippen LogP contribution in [0.4, 0.5) is 5.82 Å². The van der Waals surface area contributed by atoms with E-state index >= 15 is 0 Å². The first-order valence-corrected chi connectivity index (χ1v) is 6.76. The average molecular weight is 309 g/mol. The van der Waals surface area contributed by atoms with E-state index < -0.39 is 0 Å². The Bertz CT molecular complexity index is 554. The Balaban J connectivity index is 0.00000220. The molecule has 5 nitrogen and oxygen atoms in total. The molecule has 0 saturated heterocycles. The number of rotatable bonds is 6. The van der Waals surface area contributed by atoms with E-state index in [1.54, 1.807) is 16.9 Å². The summed E-state index contributed by atoms with van der Waals surface area (Å²) in [5.74, 6) is 0.632. The molecule has 0 spiro atoms. The Morgan fingerprint density at radius 2 is 2.05 bits per heavy atom. The van der Waals surface area contributed by atoms with Crippen molar-refractivity contribution in [2.45, 2.75) is 32.4 Å². The summed E-state index contributed by atoms with van der Waals surface area (Å²) in [7, 11) is 0. The normalized spacial score (nSPS) is 11.5. The number of aryl methyl sites for hydroxylation is 2. The van der Waals surface area contributed by atoms with Gasteiger partial charge in [0.05, 0.1) is 6.20 Å². The minimum absolute atomic E-state index is 0. The standard InChI is InChI=1S/C15H20N4O.ClH/c1-12(16)11-15(20)18-14-7-9-17-19(14)10-8-13-5-3-2-4-6-13;/h2-7,9,12H,8,10-11,16H2,1H3,(H,18,20);1H. The highest BCUT2D eigenvalue weighted by Gasteiger charge is 2.09. The van der Waals surface area contributed by atoms with Crippen LogP contribution in [-0.2, 0) is 17.8 Å². The number of hydrogen-bond donors (Lipinski definition) is 2. The van der Waals surface area contributed by atoms with Gasteiger partial charge in [-0.2, -0.15) is 5.10 Å². The van der Waals surface area contributed by atoms with Gasteiger partial charge >= 0.3 is 0 Å². The fourth-order valence-electron chi connectivity index (χ4n) is 1.98. The van der Waals surface area contributed by atoms with Crippen molar-refractivity contribution in [3.05, 3.63) is 48.2 Å². The zero-order chi connectivity index (χ0) is 14.4. The molecular formula is C15H21ClN4O. The van der Waals surface area contributed by atoms with Crippen molar-refractivity contribution in [3.63, 3.8) is 0 Å². The number of aromatic nitrogens is 2.